The third-order valence-corrected chi connectivity index (χ3v) is 5.94. The Balaban J connectivity index is 1.80. The second kappa shape index (κ2) is 8.96. The summed E-state index contributed by atoms with van der Waals surface area (Å²) in [6.45, 7) is 2.79. The summed E-state index contributed by atoms with van der Waals surface area (Å²) >= 11 is 0. The minimum absolute atomic E-state index is 0.0302. The van der Waals surface area contributed by atoms with Crippen LogP contribution in [0.15, 0.2) is 54.1 Å². The highest BCUT2D eigenvalue weighted by molar-refractivity contribution is 6.46. The average Bonchev–Trinajstić information content (AvgIpc) is 3.41. The molecule has 0 spiro atoms. The number of Topliss-reactive ketones (excluding diaryl/α,β-unsaturated/α-hetero) is 1. The fourth-order valence-electron chi connectivity index (χ4n) is 4.21. The van der Waals surface area contributed by atoms with Gasteiger partial charge in [-0.15, -0.1) is 0 Å². The van der Waals surface area contributed by atoms with E-state index in [4.69, 9.17) is 9.47 Å². The highest BCUT2D eigenvalue weighted by Crippen LogP contribution is 2.40. The third-order valence-electron chi connectivity index (χ3n) is 5.94. The van der Waals surface area contributed by atoms with E-state index in [0.717, 1.165) is 18.4 Å². The maximum Gasteiger partial charge on any atom is 0.337 e. The zero-order valence-electron chi connectivity index (χ0n) is 18.0. The number of esters is 1. The molecular formula is C25H25NO6. The number of amides is 1. The van der Waals surface area contributed by atoms with E-state index in [9.17, 15) is 19.5 Å². The number of aliphatic hydroxyl groups is 1. The number of rotatable bonds is 5. The van der Waals surface area contributed by atoms with Crippen molar-refractivity contribution in [1.82, 2.24) is 4.90 Å². The zero-order chi connectivity index (χ0) is 22.8. The van der Waals surface area contributed by atoms with Gasteiger partial charge in [0, 0.05) is 18.7 Å². The molecule has 2 saturated heterocycles. The predicted octanol–water partition coefficient (Wildman–Crippen LogP) is 3.38. The van der Waals surface area contributed by atoms with Crippen molar-refractivity contribution in [2.45, 2.75) is 31.9 Å². The highest BCUT2D eigenvalue weighted by atomic mass is 16.5. The van der Waals surface area contributed by atoms with Gasteiger partial charge in [0.15, 0.2) is 0 Å². The average molecular weight is 435 g/mol. The summed E-state index contributed by atoms with van der Waals surface area (Å²) in [5.74, 6) is -2.11. The summed E-state index contributed by atoms with van der Waals surface area (Å²) in [6, 6.07) is 12.8. The molecule has 166 valence electrons. The van der Waals surface area contributed by atoms with Crippen molar-refractivity contribution in [1.29, 1.82) is 0 Å². The fourth-order valence-corrected chi connectivity index (χ4v) is 4.21. The van der Waals surface area contributed by atoms with Crippen LogP contribution in [0.4, 0.5) is 0 Å². The molecular weight excluding hydrogens is 410 g/mol. The van der Waals surface area contributed by atoms with Crippen LogP contribution in [0.1, 0.15) is 45.9 Å². The largest absolute Gasteiger partial charge is 0.507 e. The number of aliphatic hydroxyl groups excluding tert-OH is 1. The smallest absolute Gasteiger partial charge is 0.337 e. The van der Waals surface area contributed by atoms with Crippen LogP contribution >= 0.6 is 0 Å². The number of carbonyl (C=O) groups is 3. The van der Waals surface area contributed by atoms with E-state index in [2.05, 4.69) is 0 Å². The van der Waals surface area contributed by atoms with Gasteiger partial charge in [-0.25, -0.2) is 4.79 Å². The number of likely N-dealkylation sites (tertiary alicyclic amines) is 1. The van der Waals surface area contributed by atoms with Crippen LogP contribution in [0.25, 0.3) is 5.76 Å². The molecule has 0 aromatic heterocycles. The van der Waals surface area contributed by atoms with E-state index < -0.39 is 23.7 Å². The summed E-state index contributed by atoms with van der Waals surface area (Å²) < 4.78 is 10.4. The maximum atomic E-state index is 13.1. The molecule has 7 heteroatoms. The quantitative estimate of drug-likeness (QED) is 0.335. The molecule has 0 saturated carbocycles. The number of hydrogen-bond donors (Lipinski definition) is 1. The number of hydrogen-bond acceptors (Lipinski definition) is 6. The van der Waals surface area contributed by atoms with Crippen LogP contribution in [-0.4, -0.2) is 54.0 Å². The topological polar surface area (TPSA) is 93.1 Å². The normalized spacial score (nSPS) is 22.4. The zero-order valence-corrected chi connectivity index (χ0v) is 18.0. The molecule has 2 unspecified atom stereocenters. The van der Waals surface area contributed by atoms with E-state index in [1.54, 1.807) is 36.4 Å². The first-order valence-corrected chi connectivity index (χ1v) is 10.6. The van der Waals surface area contributed by atoms with Crippen molar-refractivity contribution in [3.05, 3.63) is 76.4 Å². The minimum atomic E-state index is -0.785. The summed E-state index contributed by atoms with van der Waals surface area (Å²) in [5.41, 5.74) is 2.47. The summed E-state index contributed by atoms with van der Waals surface area (Å²) in [4.78, 5) is 39.3. The van der Waals surface area contributed by atoms with E-state index in [0.29, 0.717) is 23.3 Å². The highest BCUT2D eigenvalue weighted by Gasteiger charge is 2.47. The molecule has 2 aliphatic rings. The molecule has 1 amide bonds. The molecule has 2 aromatic rings. The van der Waals surface area contributed by atoms with E-state index >= 15 is 0 Å². The van der Waals surface area contributed by atoms with Gasteiger partial charge in [0.25, 0.3) is 11.7 Å². The SMILES string of the molecule is COC(=O)c1ccc(C2/C(=C(\O)c3ccc(C)cc3)C(=O)C(=O)N2CC2CCCO2)cc1. The standard InChI is InChI=1S/C25H25NO6/c1-15-5-7-17(8-6-15)22(27)20-21(16-9-11-18(12-10-16)25(30)31-2)26(24(29)23(20)28)14-19-4-3-13-32-19/h5-12,19,21,27H,3-4,13-14H2,1-2H3/b22-20+. The molecule has 7 nitrogen and oxygen atoms in total. The van der Waals surface area contributed by atoms with Crippen LogP contribution in [0.2, 0.25) is 0 Å². The Morgan fingerprint density at radius 3 is 2.34 bits per heavy atom. The van der Waals surface area contributed by atoms with Gasteiger partial charge in [-0.05, 0) is 37.5 Å². The Morgan fingerprint density at radius 1 is 1.09 bits per heavy atom. The number of methoxy groups -OCH3 is 1. The van der Waals surface area contributed by atoms with E-state index in [1.807, 2.05) is 19.1 Å². The lowest BCUT2D eigenvalue weighted by Gasteiger charge is -2.27. The van der Waals surface area contributed by atoms with Crippen LogP contribution in [0.3, 0.4) is 0 Å². The second-order valence-electron chi connectivity index (χ2n) is 8.07. The van der Waals surface area contributed by atoms with Gasteiger partial charge in [-0.2, -0.15) is 0 Å². The molecule has 0 aliphatic carbocycles. The minimum Gasteiger partial charge on any atom is -0.507 e. The predicted molar refractivity (Wildman–Crippen MR) is 117 cm³/mol. The molecule has 2 aromatic carbocycles. The van der Waals surface area contributed by atoms with Crippen LogP contribution in [0.5, 0.6) is 0 Å². The van der Waals surface area contributed by atoms with Gasteiger partial charge in [0.05, 0.1) is 30.4 Å². The van der Waals surface area contributed by atoms with Crippen molar-refractivity contribution in [2.24, 2.45) is 0 Å². The van der Waals surface area contributed by atoms with Crippen molar-refractivity contribution in [3.63, 3.8) is 0 Å². The number of ketones is 1. The van der Waals surface area contributed by atoms with E-state index in [-0.39, 0.29) is 24.0 Å². The van der Waals surface area contributed by atoms with Crippen molar-refractivity contribution in [3.8, 4) is 0 Å². The number of carbonyl (C=O) groups excluding carboxylic acids is 3. The number of aryl methyl sites for hydroxylation is 1. The number of benzene rings is 2. The van der Waals surface area contributed by atoms with Gasteiger partial charge in [-0.1, -0.05) is 42.0 Å². The monoisotopic (exact) mass is 435 g/mol. The maximum absolute atomic E-state index is 13.1. The Morgan fingerprint density at radius 2 is 1.75 bits per heavy atom. The lowest BCUT2D eigenvalue weighted by atomic mass is 9.94. The first-order valence-electron chi connectivity index (χ1n) is 10.6. The Labute approximate surface area is 186 Å². The Hall–Kier alpha value is -3.45. The molecule has 4 rings (SSSR count). The number of nitrogens with zero attached hydrogens (tertiary/aromatic N) is 1. The summed E-state index contributed by atoms with van der Waals surface area (Å²) in [6.07, 6.45) is 1.54. The van der Waals surface area contributed by atoms with Gasteiger partial charge >= 0.3 is 5.97 Å². The van der Waals surface area contributed by atoms with Crippen molar-refractivity contribution < 1.29 is 29.0 Å². The molecule has 2 fully saturated rings. The lowest BCUT2D eigenvalue weighted by molar-refractivity contribution is -0.140. The van der Waals surface area contributed by atoms with Crippen molar-refractivity contribution in [2.75, 3.05) is 20.3 Å². The van der Waals surface area contributed by atoms with Crippen LogP contribution in [-0.2, 0) is 19.1 Å². The van der Waals surface area contributed by atoms with Crippen LogP contribution < -0.4 is 0 Å². The number of ether oxygens (including phenoxy) is 2. The lowest BCUT2D eigenvalue weighted by Crippen LogP contribution is -2.36. The summed E-state index contributed by atoms with van der Waals surface area (Å²) in [5, 5.41) is 11.1. The molecule has 2 heterocycles. The van der Waals surface area contributed by atoms with Gasteiger partial charge in [-0.3, -0.25) is 9.59 Å². The Kier molecular flexibility index (Phi) is 6.10. The van der Waals surface area contributed by atoms with Gasteiger partial charge in [0.2, 0.25) is 0 Å². The molecule has 0 radical (unpaired) electrons. The summed E-state index contributed by atoms with van der Waals surface area (Å²) in [7, 11) is 1.30. The molecule has 0 bridgehead atoms. The molecule has 2 atom stereocenters. The second-order valence-corrected chi connectivity index (χ2v) is 8.07. The van der Waals surface area contributed by atoms with Gasteiger partial charge < -0.3 is 19.5 Å². The molecule has 2 aliphatic heterocycles. The first-order chi connectivity index (χ1) is 15.4. The van der Waals surface area contributed by atoms with Crippen LogP contribution in [0, 0.1) is 6.92 Å². The van der Waals surface area contributed by atoms with Gasteiger partial charge in [0.1, 0.15) is 5.76 Å². The van der Waals surface area contributed by atoms with E-state index in [1.165, 1.54) is 12.0 Å². The first kappa shape index (κ1) is 21.8. The molecule has 1 N–H and O–H groups in total. The molecule has 32 heavy (non-hydrogen) atoms. The Bertz CT molecular complexity index is 1060. The third kappa shape index (κ3) is 4.03. The fraction of sp³-hybridized carbons (Fsp3) is 0.320. The van der Waals surface area contributed by atoms with Crippen molar-refractivity contribution >= 4 is 23.4 Å².